The molecule has 0 aromatic carbocycles. The fourth-order valence-electron chi connectivity index (χ4n) is 2.39. The van der Waals surface area contributed by atoms with Gasteiger partial charge < -0.3 is 19.7 Å². The number of carbonyl (C=O) groups is 1. The minimum atomic E-state index is -1.19. The number of aliphatic hydroxyl groups excluding tert-OH is 1. The third kappa shape index (κ3) is 16.2. The van der Waals surface area contributed by atoms with Gasteiger partial charge in [-0.1, -0.05) is 87.0 Å². The van der Waals surface area contributed by atoms with Gasteiger partial charge in [-0.15, -0.1) is 0 Å². The van der Waals surface area contributed by atoms with Crippen molar-refractivity contribution in [2.24, 2.45) is 17.3 Å². The number of ether oxygens (including phenoxy) is 2. The maximum atomic E-state index is 11.6. The maximum absolute atomic E-state index is 11.6. The molecule has 0 aromatic rings. The molecular formula is C23H48O5. The van der Waals surface area contributed by atoms with Crippen LogP contribution in [-0.2, 0) is 9.47 Å². The molecule has 0 radical (unpaired) electrons. The molecule has 5 nitrogen and oxygen atoms in total. The van der Waals surface area contributed by atoms with Gasteiger partial charge in [-0.3, -0.25) is 0 Å². The van der Waals surface area contributed by atoms with Crippen molar-refractivity contribution in [3.8, 4) is 0 Å². The highest BCUT2D eigenvalue weighted by molar-refractivity contribution is 5.59. The van der Waals surface area contributed by atoms with Gasteiger partial charge in [-0.25, -0.2) is 4.79 Å². The lowest BCUT2D eigenvalue weighted by Gasteiger charge is -2.24. The predicted octanol–water partition coefficient (Wildman–Crippen LogP) is 6.31. The van der Waals surface area contributed by atoms with E-state index in [1.54, 1.807) is 0 Å². The molecule has 0 amide bonds. The third-order valence-corrected chi connectivity index (χ3v) is 5.57. The Morgan fingerprint density at radius 3 is 1.43 bits per heavy atom. The van der Waals surface area contributed by atoms with Crippen LogP contribution in [0.25, 0.3) is 0 Å². The lowest BCUT2D eigenvalue weighted by molar-refractivity contribution is -0.122. The Morgan fingerprint density at radius 1 is 0.821 bits per heavy atom. The Bertz CT molecular complexity index is 333. The Labute approximate surface area is 174 Å². The molecule has 0 aromatic heterocycles. The van der Waals surface area contributed by atoms with Crippen LogP contribution in [0.5, 0.6) is 0 Å². The minimum Gasteiger partial charge on any atom is -0.434 e. The topological polar surface area (TPSA) is 76.0 Å². The van der Waals surface area contributed by atoms with E-state index in [2.05, 4.69) is 27.7 Å². The lowest BCUT2D eigenvalue weighted by Crippen LogP contribution is -2.27. The highest BCUT2D eigenvalue weighted by atomic mass is 16.7. The first-order valence-corrected chi connectivity index (χ1v) is 11.3. The largest absolute Gasteiger partial charge is 0.508 e. The van der Waals surface area contributed by atoms with Crippen LogP contribution in [0.3, 0.4) is 0 Å². The summed E-state index contributed by atoms with van der Waals surface area (Å²) in [6.07, 6.45) is 8.27. The standard InChI is InChI=1S/C17H34O3.C6H14O2/c1-5-9-11-15(7-3)13-19-17(18)20-14-16(8-4)12-10-6-2;1-4-6(2,3)5(7)8/h15-16H,5-14H2,1-4H3;5,7-8H,4H2,1-3H3. The van der Waals surface area contributed by atoms with Gasteiger partial charge in [-0.2, -0.15) is 0 Å². The van der Waals surface area contributed by atoms with E-state index in [0.717, 1.165) is 32.1 Å². The van der Waals surface area contributed by atoms with Crippen LogP contribution in [0.1, 0.15) is 106 Å². The molecule has 2 unspecified atom stereocenters. The second-order valence-electron chi connectivity index (χ2n) is 8.42. The molecule has 0 aliphatic carbocycles. The van der Waals surface area contributed by atoms with E-state index < -0.39 is 12.4 Å². The van der Waals surface area contributed by atoms with E-state index in [4.69, 9.17) is 19.7 Å². The summed E-state index contributed by atoms with van der Waals surface area (Å²) >= 11 is 0. The number of hydrogen-bond donors (Lipinski definition) is 2. The molecule has 2 atom stereocenters. The summed E-state index contributed by atoms with van der Waals surface area (Å²) in [5, 5.41) is 17.3. The molecule has 0 heterocycles. The average molecular weight is 405 g/mol. The number of aliphatic hydroxyl groups is 2. The third-order valence-electron chi connectivity index (χ3n) is 5.57. The SMILES string of the molecule is CCC(C)(C)C(O)O.CCCCC(CC)COC(=O)OCC(CC)CCCC. The Kier molecular flexibility index (Phi) is 19.1. The minimum absolute atomic E-state index is 0.347. The summed E-state index contributed by atoms with van der Waals surface area (Å²) in [5.74, 6) is 0.953. The van der Waals surface area contributed by atoms with Crippen molar-refractivity contribution >= 4 is 6.16 Å². The van der Waals surface area contributed by atoms with Crippen molar-refractivity contribution in [2.75, 3.05) is 13.2 Å². The van der Waals surface area contributed by atoms with Crippen molar-refractivity contribution in [1.82, 2.24) is 0 Å². The van der Waals surface area contributed by atoms with Crippen LogP contribution >= 0.6 is 0 Å². The maximum Gasteiger partial charge on any atom is 0.508 e. The second kappa shape index (κ2) is 18.2. The molecule has 28 heavy (non-hydrogen) atoms. The van der Waals surface area contributed by atoms with E-state index >= 15 is 0 Å². The summed E-state index contributed by atoms with van der Waals surface area (Å²) in [4.78, 5) is 11.6. The molecule has 0 saturated carbocycles. The summed E-state index contributed by atoms with van der Waals surface area (Å²) < 4.78 is 10.5. The molecule has 2 N–H and O–H groups in total. The average Bonchev–Trinajstić information content (AvgIpc) is 2.68. The van der Waals surface area contributed by atoms with E-state index in [1.165, 1.54) is 25.7 Å². The number of carbonyl (C=O) groups excluding carboxylic acids is 1. The molecule has 0 fully saturated rings. The highest BCUT2D eigenvalue weighted by Gasteiger charge is 2.22. The van der Waals surface area contributed by atoms with Crippen LogP contribution in [0.15, 0.2) is 0 Å². The van der Waals surface area contributed by atoms with Crippen LogP contribution in [0.2, 0.25) is 0 Å². The summed E-state index contributed by atoms with van der Waals surface area (Å²) in [6.45, 7) is 15.2. The molecule has 0 aliphatic heterocycles. The fraction of sp³-hybridized carbons (Fsp3) is 0.957. The Morgan fingerprint density at radius 2 is 1.21 bits per heavy atom. The summed E-state index contributed by atoms with van der Waals surface area (Å²) in [7, 11) is 0. The van der Waals surface area contributed by atoms with E-state index in [1.807, 2.05) is 20.8 Å². The van der Waals surface area contributed by atoms with E-state index in [9.17, 15) is 4.79 Å². The first kappa shape index (κ1) is 29.4. The van der Waals surface area contributed by atoms with Gasteiger partial charge in [0.2, 0.25) is 0 Å². The zero-order valence-corrected chi connectivity index (χ0v) is 19.6. The monoisotopic (exact) mass is 404 g/mol. The summed E-state index contributed by atoms with van der Waals surface area (Å²) in [5.41, 5.74) is -0.347. The zero-order valence-electron chi connectivity index (χ0n) is 19.6. The van der Waals surface area contributed by atoms with Crippen molar-refractivity contribution in [1.29, 1.82) is 0 Å². The van der Waals surface area contributed by atoms with Crippen LogP contribution in [-0.4, -0.2) is 35.9 Å². The molecule has 0 spiro atoms. The van der Waals surface area contributed by atoms with Crippen LogP contribution in [0, 0.1) is 17.3 Å². The molecular weight excluding hydrogens is 356 g/mol. The molecule has 0 saturated heterocycles. The molecule has 0 rings (SSSR count). The van der Waals surface area contributed by atoms with E-state index in [-0.39, 0.29) is 5.41 Å². The van der Waals surface area contributed by atoms with Crippen molar-refractivity contribution in [3.63, 3.8) is 0 Å². The summed E-state index contributed by atoms with van der Waals surface area (Å²) in [6, 6.07) is 0. The molecule has 0 bridgehead atoms. The van der Waals surface area contributed by atoms with Crippen LogP contribution in [0.4, 0.5) is 4.79 Å². The van der Waals surface area contributed by atoms with Crippen molar-refractivity contribution in [2.45, 2.75) is 113 Å². The molecule has 0 aliphatic rings. The van der Waals surface area contributed by atoms with Crippen molar-refractivity contribution < 1.29 is 24.5 Å². The second-order valence-corrected chi connectivity index (χ2v) is 8.42. The fourth-order valence-corrected chi connectivity index (χ4v) is 2.39. The van der Waals surface area contributed by atoms with Gasteiger partial charge in [0.1, 0.15) is 0 Å². The van der Waals surface area contributed by atoms with Gasteiger partial charge in [-0.05, 0) is 31.1 Å². The number of unbranched alkanes of at least 4 members (excludes halogenated alkanes) is 2. The van der Waals surface area contributed by atoms with E-state index in [0.29, 0.717) is 25.0 Å². The predicted molar refractivity (Wildman–Crippen MR) is 116 cm³/mol. The quantitative estimate of drug-likeness (QED) is 0.262. The first-order chi connectivity index (χ1) is 13.2. The van der Waals surface area contributed by atoms with Gasteiger partial charge >= 0.3 is 6.16 Å². The van der Waals surface area contributed by atoms with Gasteiger partial charge in [0.15, 0.2) is 6.29 Å². The molecule has 5 heteroatoms. The zero-order chi connectivity index (χ0) is 22.0. The number of rotatable bonds is 14. The smallest absolute Gasteiger partial charge is 0.434 e. The van der Waals surface area contributed by atoms with Crippen LogP contribution < -0.4 is 0 Å². The van der Waals surface area contributed by atoms with Crippen molar-refractivity contribution in [3.05, 3.63) is 0 Å². The number of hydrogen-bond acceptors (Lipinski definition) is 5. The normalized spacial score (nSPS) is 13.5. The Hall–Kier alpha value is -0.810. The lowest BCUT2D eigenvalue weighted by atomic mass is 9.90. The van der Waals surface area contributed by atoms with Gasteiger partial charge in [0.05, 0.1) is 13.2 Å². The first-order valence-electron chi connectivity index (χ1n) is 11.3. The highest BCUT2D eigenvalue weighted by Crippen LogP contribution is 2.22. The van der Waals surface area contributed by atoms with Gasteiger partial charge in [0.25, 0.3) is 0 Å². The Balaban J connectivity index is 0. The molecule has 170 valence electrons. The van der Waals surface area contributed by atoms with Gasteiger partial charge in [0, 0.05) is 5.41 Å².